The van der Waals surface area contributed by atoms with E-state index in [2.05, 4.69) is 22.0 Å². The zero-order valence-electron chi connectivity index (χ0n) is 11.7. The third kappa shape index (κ3) is 5.14. The molecule has 0 bridgehead atoms. The molecule has 0 atom stereocenters. The van der Waals surface area contributed by atoms with E-state index in [1.165, 1.54) is 11.1 Å². The quantitative estimate of drug-likeness (QED) is 0.473. The first-order valence-electron chi connectivity index (χ1n) is 6.49. The van der Waals surface area contributed by atoms with Gasteiger partial charge in [-0.1, -0.05) is 24.3 Å². The Hall–Kier alpha value is -0.470. The van der Waals surface area contributed by atoms with Crippen LogP contribution in [0.15, 0.2) is 29.3 Å². The summed E-state index contributed by atoms with van der Waals surface area (Å²) in [7, 11) is 1.71. The lowest BCUT2D eigenvalue weighted by atomic mass is 10.1. The van der Waals surface area contributed by atoms with Crippen molar-refractivity contribution in [3.63, 3.8) is 0 Å². The summed E-state index contributed by atoms with van der Waals surface area (Å²) in [4.78, 5) is 6.68. The largest absolute Gasteiger partial charge is 0.380 e. The molecule has 112 valence electrons. The molecular weight excluding hydrogens is 385 g/mol. The molecule has 6 heteroatoms. The average molecular weight is 407 g/mol. The Balaban J connectivity index is 0.00000200. The summed E-state index contributed by atoms with van der Waals surface area (Å²) in [5.41, 5.74) is 8.41. The van der Waals surface area contributed by atoms with Crippen molar-refractivity contribution < 1.29 is 4.74 Å². The standard InChI is InChI=1S/C14H21N3OS.HI/c1-18-11-13-5-3-2-4-12(13)10-16-14(15)17-6-8-19-9-7-17;/h2-5H,6-11H2,1H3,(H2,15,16);1H. The van der Waals surface area contributed by atoms with Crippen molar-refractivity contribution in [2.75, 3.05) is 31.7 Å². The van der Waals surface area contributed by atoms with E-state index in [0.717, 1.165) is 24.6 Å². The topological polar surface area (TPSA) is 50.9 Å². The van der Waals surface area contributed by atoms with E-state index in [-0.39, 0.29) is 24.0 Å². The number of rotatable bonds is 4. The lowest BCUT2D eigenvalue weighted by molar-refractivity contribution is 0.184. The Morgan fingerprint density at radius 2 is 1.95 bits per heavy atom. The van der Waals surface area contributed by atoms with E-state index < -0.39 is 0 Å². The van der Waals surface area contributed by atoms with Gasteiger partial charge < -0.3 is 15.4 Å². The van der Waals surface area contributed by atoms with Crippen LogP contribution in [0.25, 0.3) is 0 Å². The molecule has 1 saturated heterocycles. The summed E-state index contributed by atoms with van der Waals surface area (Å²) in [5.74, 6) is 2.93. The van der Waals surface area contributed by atoms with Crippen molar-refractivity contribution in [3.05, 3.63) is 35.4 Å². The molecule has 20 heavy (non-hydrogen) atoms. The number of guanidine groups is 1. The van der Waals surface area contributed by atoms with Crippen molar-refractivity contribution in [2.45, 2.75) is 13.2 Å². The smallest absolute Gasteiger partial charge is 0.191 e. The minimum Gasteiger partial charge on any atom is -0.380 e. The number of halogens is 1. The Kier molecular flexibility index (Phi) is 8.32. The minimum atomic E-state index is 0. The zero-order valence-corrected chi connectivity index (χ0v) is 14.9. The molecule has 1 aliphatic heterocycles. The molecule has 4 nitrogen and oxygen atoms in total. The molecule has 1 aromatic carbocycles. The summed E-state index contributed by atoms with van der Waals surface area (Å²) in [6.07, 6.45) is 0. The molecule has 0 saturated carbocycles. The van der Waals surface area contributed by atoms with Crippen LogP contribution in [0.1, 0.15) is 11.1 Å². The van der Waals surface area contributed by atoms with Crippen LogP contribution in [0.5, 0.6) is 0 Å². The molecule has 1 aromatic rings. The van der Waals surface area contributed by atoms with Crippen LogP contribution in [0.3, 0.4) is 0 Å². The normalized spacial score (nSPS) is 15.8. The number of methoxy groups -OCH3 is 1. The minimum absolute atomic E-state index is 0. The number of ether oxygens (including phenoxy) is 1. The highest BCUT2D eigenvalue weighted by Crippen LogP contribution is 2.12. The highest BCUT2D eigenvalue weighted by molar-refractivity contribution is 14.0. The average Bonchev–Trinajstić information content (AvgIpc) is 2.47. The van der Waals surface area contributed by atoms with Crippen molar-refractivity contribution >= 4 is 41.7 Å². The van der Waals surface area contributed by atoms with Crippen LogP contribution in [0.4, 0.5) is 0 Å². The van der Waals surface area contributed by atoms with E-state index >= 15 is 0 Å². The zero-order chi connectivity index (χ0) is 13.5. The maximum absolute atomic E-state index is 6.06. The van der Waals surface area contributed by atoms with Gasteiger partial charge in [0.1, 0.15) is 0 Å². The molecule has 0 aromatic heterocycles. The number of hydrogen-bond acceptors (Lipinski definition) is 3. The summed E-state index contributed by atoms with van der Waals surface area (Å²) >= 11 is 1.97. The number of thioether (sulfide) groups is 1. The molecule has 0 unspecified atom stereocenters. The van der Waals surface area contributed by atoms with E-state index in [9.17, 15) is 0 Å². The van der Waals surface area contributed by atoms with Gasteiger partial charge in [-0.25, -0.2) is 4.99 Å². The molecule has 2 N–H and O–H groups in total. The van der Waals surface area contributed by atoms with Gasteiger partial charge in [0.25, 0.3) is 0 Å². The molecule has 1 fully saturated rings. The SMILES string of the molecule is COCc1ccccc1CN=C(N)N1CCSCC1.I. The van der Waals surface area contributed by atoms with Gasteiger partial charge in [0.05, 0.1) is 13.2 Å². The molecule has 0 amide bonds. The number of nitrogens with two attached hydrogens (primary N) is 1. The fraction of sp³-hybridized carbons (Fsp3) is 0.500. The van der Waals surface area contributed by atoms with Crippen LogP contribution >= 0.6 is 35.7 Å². The first-order chi connectivity index (χ1) is 9.31. The van der Waals surface area contributed by atoms with Crippen LogP contribution < -0.4 is 5.73 Å². The van der Waals surface area contributed by atoms with Gasteiger partial charge in [0.2, 0.25) is 0 Å². The molecule has 0 spiro atoms. The first kappa shape index (κ1) is 17.6. The van der Waals surface area contributed by atoms with Gasteiger partial charge in [0.15, 0.2) is 5.96 Å². The second kappa shape index (κ2) is 9.46. The fourth-order valence-electron chi connectivity index (χ4n) is 2.07. The van der Waals surface area contributed by atoms with Gasteiger partial charge in [-0.15, -0.1) is 24.0 Å². The van der Waals surface area contributed by atoms with Crippen LogP contribution in [0, 0.1) is 0 Å². The van der Waals surface area contributed by atoms with Gasteiger partial charge >= 0.3 is 0 Å². The fourth-order valence-corrected chi connectivity index (χ4v) is 2.97. The number of hydrogen-bond donors (Lipinski definition) is 1. The summed E-state index contributed by atoms with van der Waals surface area (Å²) in [6, 6.07) is 8.20. The number of aliphatic imine (C=N–C) groups is 1. The Labute approximate surface area is 142 Å². The monoisotopic (exact) mass is 407 g/mol. The lowest BCUT2D eigenvalue weighted by Gasteiger charge is -2.27. The van der Waals surface area contributed by atoms with Crippen LogP contribution in [0.2, 0.25) is 0 Å². The van der Waals surface area contributed by atoms with E-state index in [1.807, 2.05) is 23.9 Å². The second-order valence-corrected chi connectivity index (χ2v) is 5.70. The maximum atomic E-state index is 6.06. The third-order valence-electron chi connectivity index (χ3n) is 3.16. The van der Waals surface area contributed by atoms with Gasteiger partial charge in [-0.05, 0) is 11.1 Å². The summed E-state index contributed by atoms with van der Waals surface area (Å²) in [6.45, 7) is 3.24. The Bertz CT molecular complexity index is 436. The lowest BCUT2D eigenvalue weighted by Crippen LogP contribution is -2.42. The van der Waals surface area contributed by atoms with Gasteiger partial charge in [-0.2, -0.15) is 11.8 Å². The second-order valence-electron chi connectivity index (χ2n) is 4.48. The summed E-state index contributed by atoms with van der Waals surface area (Å²) < 4.78 is 5.20. The molecule has 0 radical (unpaired) electrons. The Morgan fingerprint density at radius 3 is 2.60 bits per heavy atom. The van der Waals surface area contributed by atoms with Crippen molar-refractivity contribution in [1.29, 1.82) is 0 Å². The molecule has 1 aliphatic rings. The van der Waals surface area contributed by atoms with Gasteiger partial charge in [0, 0.05) is 31.7 Å². The molecule has 1 heterocycles. The number of nitrogens with zero attached hydrogens (tertiary/aromatic N) is 2. The first-order valence-corrected chi connectivity index (χ1v) is 7.65. The highest BCUT2D eigenvalue weighted by atomic mass is 127. The summed E-state index contributed by atoms with van der Waals surface area (Å²) in [5, 5.41) is 0. The van der Waals surface area contributed by atoms with Crippen molar-refractivity contribution in [2.24, 2.45) is 10.7 Å². The molecule has 2 rings (SSSR count). The number of benzene rings is 1. The highest BCUT2D eigenvalue weighted by Gasteiger charge is 2.12. The maximum Gasteiger partial charge on any atom is 0.191 e. The Morgan fingerprint density at radius 1 is 1.30 bits per heavy atom. The van der Waals surface area contributed by atoms with Gasteiger partial charge in [-0.3, -0.25) is 0 Å². The van der Waals surface area contributed by atoms with Crippen molar-refractivity contribution in [3.8, 4) is 0 Å². The van der Waals surface area contributed by atoms with E-state index in [0.29, 0.717) is 19.1 Å². The van der Waals surface area contributed by atoms with Crippen LogP contribution in [-0.4, -0.2) is 42.6 Å². The predicted molar refractivity (Wildman–Crippen MR) is 96.8 cm³/mol. The van der Waals surface area contributed by atoms with Crippen LogP contribution in [-0.2, 0) is 17.9 Å². The van der Waals surface area contributed by atoms with E-state index in [1.54, 1.807) is 7.11 Å². The predicted octanol–water partition coefficient (Wildman–Crippen LogP) is 2.31. The third-order valence-corrected chi connectivity index (χ3v) is 4.11. The van der Waals surface area contributed by atoms with Crippen molar-refractivity contribution in [1.82, 2.24) is 4.90 Å². The molecular formula is C14H22IN3OS. The molecule has 0 aliphatic carbocycles. The van der Waals surface area contributed by atoms with E-state index in [4.69, 9.17) is 10.5 Å².